The first-order chi connectivity index (χ1) is 9.03. The normalized spacial score (nSPS) is 37.3. The molecule has 2 heterocycles. The Labute approximate surface area is 114 Å². The lowest BCUT2D eigenvalue weighted by molar-refractivity contribution is -0.149. The third kappa shape index (κ3) is 1.91. The maximum Gasteiger partial charge on any atom is 0.311 e. The van der Waals surface area contributed by atoms with Crippen LogP contribution in [0, 0.1) is 11.3 Å². The highest BCUT2D eigenvalue weighted by atomic mass is 32.2. The molecule has 0 spiro atoms. The van der Waals surface area contributed by atoms with E-state index >= 15 is 0 Å². The van der Waals surface area contributed by atoms with Gasteiger partial charge in [0.15, 0.2) is 0 Å². The van der Waals surface area contributed by atoms with Crippen LogP contribution in [0.4, 0.5) is 4.79 Å². The average Bonchev–Trinajstić information content (AvgIpc) is 3.00. The van der Waals surface area contributed by atoms with E-state index < -0.39 is 17.4 Å². The molecule has 6 nitrogen and oxygen atoms in total. The molecule has 2 N–H and O–H groups in total. The molecule has 7 heteroatoms. The number of likely N-dealkylation sites (tertiary alicyclic amines) is 1. The quantitative estimate of drug-likeness (QED) is 0.772. The van der Waals surface area contributed by atoms with Crippen LogP contribution in [0.15, 0.2) is 0 Å². The van der Waals surface area contributed by atoms with Gasteiger partial charge in [-0.25, -0.2) is 0 Å². The molecule has 2 amide bonds. The number of aliphatic carboxylic acids is 1. The fraction of sp³-hybridized carbons (Fsp3) is 0.750. The van der Waals surface area contributed by atoms with E-state index in [-0.39, 0.29) is 17.1 Å². The van der Waals surface area contributed by atoms with E-state index in [0.717, 1.165) is 24.6 Å². The molecule has 0 bridgehead atoms. The number of thioether (sulfide) groups is 1. The van der Waals surface area contributed by atoms with Crippen LogP contribution in [0.5, 0.6) is 0 Å². The summed E-state index contributed by atoms with van der Waals surface area (Å²) in [5, 5.41) is 11.9. The first-order valence-corrected chi connectivity index (χ1v) is 7.47. The van der Waals surface area contributed by atoms with Gasteiger partial charge in [-0.1, -0.05) is 18.2 Å². The molecule has 2 saturated heterocycles. The van der Waals surface area contributed by atoms with Gasteiger partial charge in [0.1, 0.15) is 6.04 Å². The molecule has 19 heavy (non-hydrogen) atoms. The van der Waals surface area contributed by atoms with Crippen LogP contribution in [0.1, 0.15) is 19.3 Å². The summed E-state index contributed by atoms with van der Waals surface area (Å²) < 4.78 is 0. The number of carboxylic acid groups (broad SMARTS) is 1. The van der Waals surface area contributed by atoms with Crippen molar-refractivity contribution in [2.75, 3.05) is 18.8 Å². The lowest BCUT2D eigenvalue weighted by atomic mass is 9.81. The van der Waals surface area contributed by atoms with E-state index in [9.17, 15) is 19.5 Å². The van der Waals surface area contributed by atoms with Crippen molar-refractivity contribution >= 4 is 28.9 Å². The Balaban J connectivity index is 1.73. The number of hydrogen-bond donors (Lipinski definition) is 2. The second-order valence-electron chi connectivity index (χ2n) is 5.56. The molecule has 0 aromatic heterocycles. The molecule has 0 aromatic rings. The number of nitrogens with one attached hydrogen (secondary N) is 1. The second-order valence-corrected chi connectivity index (χ2v) is 6.56. The van der Waals surface area contributed by atoms with Crippen LogP contribution in [0.3, 0.4) is 0 Å². The first kappa shape index (κ1) is 12.8. The molecular formula is C12H16N2O4S. The maximum absolute atomic E-state index is 12.3. The molecule has 2 aliphatic heterocycles. The Morgan fingerprint density at radius 2 is 2.26 bits per heavy atom. The number of amides is 2. The van der Waals surface area contributed by atoms with Gasteiger partial charge in [0.2, 0.25) is 5.91 Å². The van der Waals surface area contributed by atoms with Crippen molar-refractivity contribution in [3.8, 4) is 0 Å². The molecule has 1 aliphatic carbocycles. The fourth-order valence-electron chi connectivity index (χ4n) is 3.54. The van der Waals surface area contributed by atoms with Crippen LogP contribution in [0.25, 0.3) is 0 Å². The monoisotopic (exact) mass is 284 g/mol. The Kier molecular flexibility index (Phi) is 2.96. The largest absolute Gasteiger partial charge is 0.481 e. The highest BCUT2D eigenvalue weighted by Gasteiger charge is 2.56. The zero-order valence-electron chi connectivity index (χ0n) is 10.4. The smallest absolute Gasteiger partial charge is 0.311 e. The molecule has 104 valence electrons. The van der Waals surface area contributed by atoms with Crippen LogP contribution < -0.4 is 5.32 Å². The number of carboxylic acids is 1. The minimum atomic E-state index is -0.782. The summed E-state index contributed by atoms with van der Waals surface area (Å²) in [7, 11) is 0. The number of hydrogen-bond acceptors (Lipinski definition) is 4. The molecule has 3 rings (SSSR count). The van der Waals surface area contributed by atoms with E-state index in [0.29, 0.717) is 25.3 Å². The predicted octanol–water partition coefficient (Wildman–Crippen LogP) is 0.525. The van der Waals surface area contributed by atoms with E-state index in [4.69, 9.17) is 0 Å². The molecule has 1 saturated carbocycles. The summed E-state index contributed by atoms with van der Waals surface area (Å²) in [5.41, 5.74) is -0.745. The SMILES string of the molecule is O=C1N[C@H](C(=O)N2C[C@@H]3CCC[C@@]3(C(=O)O)C2)CS1. The zero-order valence-corrected chi connectivity index (χ0v) is 11.2. The van der Waals surface area contributed by atoms with Crippen molar-refractivity contribution in [3.05, 3.63) is 0 Å². The lowest BCUT2D eigenvalue weighted by Gasteiger charge is -2.24. The van der Waals surface area contributed by atoms with Crippen LogP contribution in [-0.4, -0.2) is 52.0 Å². The van der Waals surface area contributed by atoms with Gasteiger partial charge in [0.25, 0.3) is 5.24 Å². The summed E-state index contributed by atoms with van der Waals surface area (Å²) in [5.74, 6) is -0.402. The number of rotatable bonds is 2. The Bertz CT molecular complexity index is 455. The Morgan fingerprint density at radius 1 is 1.47 bits per heavy atom. The topological polar surface area (TPSA) is 86.7 Å². The number of fused-ring (bicyclic) bond motifs is 1. The highest BCUT2D eigenvalue weighted by molar-refractivity contribution is 8.14. The molecular weight excluding hydrogens is 268 g/mol. The van der Waals surface area contributed by atoms with Gasteiger partial charge in [-0.2, -0.15) is 0 Å². The highest BCUT2D eigenvalue weighted by Crippen LogP contribution is 2.49. The maximum atomic E-state index is 12.3. The van der Waals surface area contributed by atoms with E-state index in [1.54, 1.807) is 4.90 Å². The molecule has 0 radical (unpaired) electrons. The Morgan fingerprint density at radius 3 is 2.84 bits per heavy atom. The van der Waals surface area contributed by atoms with Crippen LogP contribution in [0.2, 0.25) is 0 Å². The molecule has 3 fully saturated rings. The van der Waals surface area contributed by atoms with E-state index in [1.807, 2.05) is 0 Å². The lowest BCUT2D eigenvalue weighted by Crippen LogP contribution is -2.46. The standard InChI is InChI=1S/C12H16N2O4S/c15-9(8-5-19-11(18)13-8)14-4-7-2-1-3-12(7,6-14)10(16)17/h7-8H,1-6H2,(H,13,18)(H,16,17)/t7-,8-,12+/m0/s1. The third-order valence-electron chi connectivity index (χ3n) is 4.58. The van der Waals surface area contributed by atoms with Crippen molar-refractivity contribution < 1.29 is 19.5 Å². The first-order valence-electron chi connectivity index (χ1n) is 6.48. The molecule has 3 aliphatic rings. The van der Waals surface area contributed by atoms with E-state index in [2.05, 4.69) is 5.32 Å². The van der Waals surface area contributed by atoms with Crippen molar-refractivity contribution in [3.63, 3.8) is 0 Å². The van der Waals surface area contributed by atoms with Crippen LogP contribution in [-0.2, 0) is 9.59 Å². The predicted molar refractivity (Wildman–Crippen MR) is 68.8 cm³/mol. The number of carbonyl (C=O) groups excluding carboxylic acids is 2. The summed E-state index contributed by atoms with van der Waals surface area (Å²) in [6.45, 7) is 0.811. The van der Waals surface area contributed by atoms with Crippen molar-refractivity contribution in [2.24, 2.45) is 11.3 Å². The molecule has 0 unspecified atom stereocenters. The van der Waals surface area contributed by atoms with E-state index in [1.165, 1.54) is 0 Å². The summed E-state index contributed by atoms with van der Waals surface area (Å²) in [4.78, 5) is 36.6. The number of carbonyl (C=O) groups is 3. The fourth-order valence-corrected chi connectivity index (χ4v) is 4.31. The van der Waals surface area contributed by atoms with Crippen molar-refractivity contribution in [1.29, 1.82) is 0 Å². The van der Waals surface area contributed by atoms with Gasteiger partial charge in [0, 0.05) is 18.8 Å². The Hall–Kier alpha value is -1.24. The number of nitrogens with zero attached hydrogens (tertiary/aromatic N) is 1. The summed E-state index contributed by atoms with van der Waals surface area (Å²) in [6, 6.07) is -0.484. The molecule has 3 atom stereocenters. The summed E-state index contributed by atoms with van der Waals surface area (Å²) >= 11 is 1.11. The van der Waals surface area contributed by atoms with Crippen LogP contribution >= 0.6 is 11.8 Å². The third-order valence-corrected chi connectivity index (χ3v) is 5.46. The minimum absolute atomic E-state index is 0.0682. The van der Waals surface area contributed by atoms with Gasteiger partial charge in [-0.15, -0.1) is 0 Å². The second kappa shape index (κ2) is 4.40. The average molecular weight is 284 g/mol. The van der Waals surface area contributed by atoms with Gasteiger partial charge in [-0.3, -0.25) is 14.4 Å². The molecule has 0 aromatic carbocycles. The van der Waals surface area contributed by atoms with Gasteiger partial charge >= 0.3 is 5.97 Å². The van der Waals surface area contributed by atoms with Gasteiger partial charge in [0.05, 0.1) is 5.41 Å². The summed E-state index contributed by atoms with van der Waals surface area (Å²) in [6.07, 6.45) is 2.46. The zero-order chi connectivity index (χ0) is 13.6. The minimum Gasteiger partial charge on any atom is -0.481 e. The van der Waals surface area contributed by atoms with Crippen molar-refractivity contribution in [1.82, 2.24) is 10.2 Å². The van der Waals surface area contributed by atoms with Gasteiger partial charge in [-0.05, 0) is 18.8 Å². The van der Waals surface area contributed by atoms with Crippen molar-refractivity contribution in [2.45, 2.75) is 25.3 Å². The van der Waals surface area contributed by atoms with Gasteiger partial charge < -0.3 is 15.3 Å².